The molecule has 0 N–H and O–H groups in total. The summed E-state index contributed by atoms with van der Waals surface area (Å²) in [6.45, 7) is 5.56. The van der Waals surface area contributed by atoms with Gasteiger partial charge in [-0.3, -0.25) is 9.59 Å². The van der Waals surface area contributed by atoms with Crippen LogP contribution in [0.15, 0.2) is 43.0 Å². The van der Waals surface area contributed by atoms with E-state index in [-0.39, 0.29) is 11.8 Å². The Hall–Kier alpha value is -2.21. The van der Waals surface area contributed by atoms with Crippen LogP contribution in [0.4, 0.5) is 0 Å². The molecule has 164 valence electrons. The summed E-state index contributed by atoms with van der Waals surface area (Å²) in [5, 5.41) is 1.57. The number of hydrogen-bond acceptors (Lipinski definition) is 3. The van der Waals surface area contributed by atoms with Gasteiger partial charge >= 0.3 is 0 Å². The molecule has 2 aromatic carbocycles. The first-order valence-corrected chi connectivity index (χ1v) is 11.0. The van der Waals surface area contributed by atoms with Crippen LogP contribution in [0.3, 0.4) is 0 Å². The highest BCUT2D eigenvalue weighted by Gasteiger charge is 2.23. The molecule has 0 atom stereocenters. The van der Waals surface area contributed by atoms with Gasteiger partial charge in [0.25, 0.3) is 0 Å². The van der Waals surface area contributed by atoms with E-state index in [0.717, 1.165) is 16.7 Å². The van der Waals surface area contributed by atoms with E-state index in [9.17, 15) is 9.59 Å². The minimum atomic E-state index is -0.106. The Bertz CT molecular complexity index is 1000. The van der Waals surface area contributed by atoms with E-state index in [2.05, 4.69) is 6.58 Å². The van der Waals surface area contributed by atoms with Crippen molar-refractivity contribution >= 4 is 46.6 Å². The number of ether oxygens (including phenoxy) is 1. The van der Waals surface area contributed by atoms with E-state index in [4.69, 9.17) is 39.5 Å². The van der Waals surface area contributed by atoms with Gasteiger partial charge in [0.05, 0.1) is 12.1 Å². The first-order valence-electron chi connectivity index (χ1n) is 9.85. The molecular formula is C23H23Cl3N2O3. The third-order valence-corrected chi connectivity index (χ3v) is 6.19. The Balaban J connectivity index is 1.74. The first kappa shape index (κ1) is 23.5. The van der Waals surface area contributed by atoms with Crippen molar-refractivity contribution in [1.82, 2.24) is 9.80 Å². The van der Waals surface area contributed by atoms with Gasteiger partial charge in [0, 0.05) is 53.8 Å². The summed E-state index contributed by atoms with van der Waals surface area (Å²) in [6.07, 6.45) is 2.10. The maximum absolute atomic E-state index is 12.7. The summed E-state index contributed by atoms with van der Waals surface area (Å²) in [7, 11) is 1.57. The van der Waals surface area contributed by atoms with Crippen LogP contribution in [0, 0.1) is 0 Å². The first-order chi connectivity index (χ1) is 14.8. The van der Waals surface area contributed by atoms with Crippen molar-refractivity contribution in [2.24, 2.45) is 0 Å². The molecule has 0 spiro atoms. The smallest absolute Gasteiger partial charge is 0.246 e. The molecule has 1 aliphatic heterocycles. The summed E-state index contributed by atoms with van der Waals surface area (Å²) < 4.78 is 5.48. The summed E-state index contributed by atoms with van der Waals surface area (Å²) in [4.78, 5) is 27.9. The molecule has 0 bridgehead atoms. The van der Waals surface area contributed by atoms with Gasteiger partial charge in [-0.2, -0.15) is 0 Å². The monoisotopic (exact) mass is 480 g/mol. The molecule has 1 fully saturated rings. The molecule has 0 aliphatic carbocycles. The summed E-state index contributed by atoms with van der Waals surface area (Å²) in [5.41, 5.74) is 2.30. The van der Waals surface area contributed by atoms with Crippen LogP contribution < -0.4 is 4.74 Å². The van der Waals surface area contributed by atoms with E-state index in [0.29, 0.717) is 59.8 Å². The Morgan fingerprint density at radius 2 is 1.65 bits per heavy atom. The number of amides is 2. The maximum atomic E-state index is 12.7. The topological polar surface area (TPSA) is 49.9 Å². The summed E-state index contributed by atoms with van der Waals surface area (Å²) >= 11 is 19.0. The van der Waals surface area contributed by atoms with Crippen LogP contribution in [0.5, 0.6) is 5.75 Å². The number of piperazine rings is 1. The standard InChI is InChI=1S/C23H23Cl3N2O3/c1-3-22(29)27-8-10-28(11-9-27)23(30)7-4-15-12-17(20(26)14-21(15)31-2)18-13-16(24)5-6-19(18)25/h3,5-6,12-14H,1,4,7-11H2,2H3. The van der Waals surface area contributed by atoms with E-state index >= 15 is 0 Å². The van der Waals surface area contributed by atoms with Crippen molar-refractivity contribution < 1.29 is 14.3 Å². The van der Waals surface area contributed by atoms with Crippen molar-refractivity contribution in [3.63, 3.8) is 0 Å². The van der Waals surface area contributed by atoms with Crippen LogP contribution in [-0.2, 0) is 16.0 Å². The van der Waals surface area contributed by atoms with Gasteiger partial charge in [0.15, 0.2) is 0 Å². The second-order valence-electron chi connectivity index (χ2n) is 7.18. The third-order valence-electron chi connectivity index (χ3n) is 5.32. The highest BCUT2D eigenvalue weighted by Crippen LogP contribution is 2.39. The molecule has 1 saturated heterocycles. The minimum absolute atomic E-state index is 0.0324. The van der Waals surface area contributed by atoms with Gasteiger partial charge in [-0.1, -0.05) is 41.4 Å². The lowest BCUT2D eigenvalue weighted by Gasteiger charge is -2.34. The van der Waals surface area contributed by atoms with Crippen LogP contribution in [0.1, 0.15) is 12.0 Å². The number of halogens is 3. The Morgan fingerprint density at radius 1 is 1.00 bits per heavy atom. The molecule has 1 aliphatic rings. The van der Waals surface area contributed by atoms with E-state index < -0.39 is 0 Å². The largest absolute Gasteiger partial charge is 0.496 e. The fourth-order valence-electron chi connectivity index (χ4n) is 3.60. The lowest BCUT2D eigenvalue weighted by molar-refractivity contribution is -0.137. The maximum Gasteiger partial charge on any atom is 0.246 e. The number of rotatable bonds is 6. The Kier molecular flexibility index (Phi) is 7.87. The zero-order chi connectivity index (χ0) is 22.5. The zero-order valence-electron chi connectivity index (χ0n) is 17.2. The molecule has 2 aromatic rings. The van der Waals surface area contributed by atoms with Crippen LogP contribution >= 0.6 is 34.8 Å². The molecule has 0 radical (unpaired) electrons. The average molecular weight is 482 g/mol. The van der Waals surface area contributed by atoms with Gasteiger partial charge in [-0.25, -0.2) is 0 Å². The predicted octanol–water partition coefficient (Wildman–Crippen LogP) is 5.11. The van der Waals surface area contributed by atoms with E-state index in [1.54, 1.807) is 41.2 Å². The quantitative estimate of drug-likeness (QED) is 0.539. The summed E-state index contributed by atoms with van der Waals surface area (Å²) in [6, 6.07) is 8.82. The SMILES string of the molecule is C=CC(=O)N1CCN(C(=O)CCc2cc(-c3cc(Cl)ccc3Cl)c(Cl)cc2OC)CC1. The molecule has 0 unspecified atom stereocenters. The molecule has 8 heteroatoms. The van der Waals surface area contributed by atoms with Crippen LogP contribution in [-0.4, -0.2) is 54.9 Å². The lowest BCUT2D eigenvalue weighted by atomic mass is 9.99. The molecule has 31 heavy (non-hydrogen) atoms. The fourth-order valence-corrected chi connectivity index (χ4v) is 4.25. The highest BCUT2D eigenvalue weighted by molar-refractivity contribution is 6.37. The second-order valence-corrected chi connectivity index (χ2v) is 8.43. The van der Waals surface area contributed by atoms with Crippen molar-refractivity contribution in [3.8, 4) is 16.9 Å². The van der Waals surface area contributed by atoms with Gasteiger partial charge in [0.2, 0.25) is 11.8 Å². The number of carbonyl (C=O) groups is 2. The third kappa shape index (κ3) is 5.53. The van der Waals surface area contributed by atoms with Crippen molar-refractivity contribution in [2.75, 3.05) is 33.3 Å². The number of hydrogen-bond donors (Lipinski definition) is 0. The van der Waals surface area contributed by atoms with Crippen molar-refractivity contribution in [3.05, 3.63) is 63.6 Å². The van der Waals surface area contributed by atoms with Gasteiger partial charge in [-0.15, -0.1) is 0 Å². The predicted molar refractivity (Wildman–Crippen MR) is 125 cm³/mol. The number of benzene rings is 2. The fraction of sp³-hybridized carbons (Fsp3) is 0.304. The van der Waals surface area contributed by atoms with Crippen molar-refractivity contribution in [1.29, 1.82) is 0 Å². The summed E-state index contributed by atoms with van der Waals surface area (Å²) in [5.74, 6) is 0.538. The molecule has 3 rings (SSSR count). The van der Waals surface area contributed by atoms with E-state index in [1.165, 1.54) is 6.08 Å². The normalized spacial score (nSPS) is 13.8. The zero-order valence-corrected chi connectivity index (χ0v) is 19.4. The molecule has 1 heterocycles. The number of nitrogens with zero attached hydrogens (tertiary/aromatic N) is 2. The second kappa shape index (κ2) is 10.4. The molecule has 2 amide bonds. The van der Waals surface area contributed by atoms with E-state index in [1.807, 2.05) is 6.07 Å². The van der Waals surface area contributed by atoms with Gasteiger partial charge < -0.3 is 14.5 Å². The molecule has 5 nitrogen and oxygen atoms in total. The number of aryl methyl sites for hydroxylation is 1. The molecule has 0 saturated carbocycles. The van der Waals surface area contributed by atoms with Crippen LogP contribution in [0.2, 0.25) is 15.1 Å². The van der Waals surface area contributed by atoms with Crippen LogP contribution in [0.25, 0.3) is 11.1 Å². The van der Waals surface area contributed by atoms with Crippen molar-refractivity contribution in [2.45, 2.75) is 12.8 Å². The average Bonchev–Trinajstić information content (AvgIpc) is 2.79. The lowest BCUT2D eigenvalue weighted by Crippen LogP contribution is -2.50. The van der Waals surface area contributed by atoms with Gasteiger partial charge in [0.1, 0.15) is 5.75 Å². The minimum Gasteiger partial charge on any atom is -0.496 e. The molecule has 0 aromatic heterocycles. The number of methoxy groups -OCH3 is 1. The highest BCUT2D eigenvalue weighted by atomic mass is 35.5. The molecular weight excluding hydrogens is 459 g/mol. The Labute approximate surface area is 197 Å². The number of carbonyl (C=O) groups excluding carboxylic acids is 2. The Morgan fingerprint density at radius 3 is 2.29 bits per heavy atom. The van der Waals surface area contributed by atoms with Gasteiger partial charge in [-0.05, 0) is 48.4 Å².